The highest BCUT2D eigenvalue weighted by atomic mass is 16.5. The van der Waals surface area contributed by atoms with Crippen molar-refractivity contribution >= 4 is 11.8 Å². The van der Waals surface area contributed by atoms with Crippen LogP contribution in [0.1, 0.15) is 16.8 Å². The summed E-state index contributed by atoms with van der Waals surface area (Å²) in [7, 11) is 1.86. The SMILES string of the molecule is CN(c1ncccc1C(=O)O)C1CCOC1. The van der Waals surface area contributed by atoms with E-state index in [1.807, 2.05) is 11.9 Å². The van der Waals surface area contributed by atoms with Gasteiger partial charge in [0, 0.05) is 19.9 Å². The Morgan fingerprint density at radius 3 is 3.12 bits per heavy atom. The van der Waals surface area contributed by atoms with Crippen LogP contribution in [-0.4, -0.2) is 42.4 Å². The van der Waals surface area contributed by atoms with E-state index in [0.29, 0.717) is 12.4 Å². The molecule has 0 radical (unpaired) electrons. The number of nitrogens with zero attached hydrogens (tertiary/aromatic N) is 2. The lowest BCUT2D eigenvalue weighted by Gasteiger charge is -2.25. The molecule has 2 rings (SSSR count). The topological polar surface area (TPSA) is 62.7 Å². The van der Waals surface area contributed by atoms with Crippen molar-refractivity contribution in [3.05, 3.63) is 23.9 Å². The van der Waals surface area contributed by atoms with Gasteiger partial charge in [-0.15, -0.1) is 0 Å². The van der Waals surface area contributed by atoms with Gasteiger partial charge in [-0.05, 0) is 18.6 Å². The third-order valence-corrected chi connectivity index (χ3v) is 2.80. The quantitative estimate of drug-likeness (QED) is 0.826. The predicted octanol–water partition coefficient (Wildman–Crippen LogP) is 1.00. The summed E-state index contributed by atoms with van der Waals surface area (Å²) in [5.41, 5.74) is 0.233. The second-order valence-corrected chi connectivity index (χ2v) is 3.81. The first-order chi connectivity index (χ1) is 7.70. The van der Waals surface area contributed by atoms with E-state index >= 15 is 0 Å². The molecule has 5 nitrogen and oxygen atoms in total. The molecule has 0 aromatic carbocycles. The van der Waals surface area contributed by atoms with Crippen molar-refractivity contribution in [2.24, 2.45) is 0 Å². The molecule has 1 atom stereocenters. The van der Waals surface area contributed by atoms with E-state index in [9.17, 15) is 4.79 Å². The third kappa shape index (κ3) is 1.99. The normalized spacial score (nSPS) is 19.7. The molecule has 0 spiro atoms. The molecule has 1 fully saturated rings. The number of anilines is 1. The lowest BCUT2D eigenvalue weighted by Crippen LogP contribution is -2.33. The van der Waals surface area contributed by atoms with E-state index in [1.54, 1.807) is 18.3 Å². The number of aromatic nitrogens is 1. The van der Waals surface area contributed by atoms with E-state index in [-0.39, 0.29) is 11.6 Å². The Bertz CT molecular complexity index is 389. The molecule has 5 heteroatoms. The Hall–Kier alpha value is -1.62. The predicted molar refractivity (Wildman–Crippen MR) is 58.8 cm³/mol. The molecular formula is C11H14N2O3. The molecular weight excluding hydrogens is 208 g/mol. The second-order valence-electron chi connectivity index (χ2n) is 3.81. The van der Waals surface area contributed by atoms with Crippen LogP contribution in [0.4, 0.5) is 5.82 Å². The number of carboxylic acid groups (broad SMARTS) is 1. The van der Waals surface area contributed by atoms with Gasteiger partial charge in [0.2, 0.25) is 0 Å². The van der Waals surface area contributed by atoms with E-state index in [2.05, 4.69) is 4.98 Å². The van der Waals surface area contributed by atoms with Crippen LogP contribution in [0.25, 0.3) is 0 Å². The Labute approximate surface area is 93.7 Å². The summed E-state index contributed by atoms with van der Waals surface area (Å²) in [4.78, 5) is 17.1. The molecule has 1 N–H and O–H groups in total. The third-order valence-electron chi connectivity index (χ3n) is 2.80. The fraction of sp³-hybridized carbons (Fsp3) is 0.455. The lowest BCUT2D eigenvalue weighted by atomic mass is 10.2. The zero-order valence-corrected chi connectivity index (χ0v) is 9.09. The molecule has 1 unspecified atom stereocenters. The monoisotopic (exact) mass is 222 g/mol. The zero-order valence-electron chi connectivity index (χ0n) is 9.09. The highest BCUT2D eigenvalue weighted by Gasteiger charge is 2.24. The summed E-state index contributed by atoms with van der Waals surface area (Å²) in [6.07, 6.45) is 2.51. The first-order valence-corrected chi connectivity index (χ1v) is 5.19. The number of pyridine rings is 1. The van der Waals surface area contributed by atoms with Crippen molar-refractivity contribution in [2.45, 2.75) is 12.5 Å². The maximum Gasteiger partial charge on any atom is 0.339 e. The molecule has 0 bridgehead atoms. The Balaban J connectivity index is 2.27. The van der Waals surface area contributed by atoms with E-state index in [1.165, 1.54) is 0 Å². The van der Waals surface area contributed by atoms with E-state index < -0.39 is 5.97 Å². The number of likely N-dealkylation sites (N-methyl/N-ethyl adjacent to an activating group) is 1. The number of carboxylic acids is 1. The molecule has 1 saturated heterocycles. The van der Waals surface area contributed by atoms with Crippen LogP contribution in [0.15, 0.2) is 18.3 Å². The molecule has 0 saturated carbocycles. The van der Waals surface area contributed by atoms with Crippen molar-refractivity contribution < 1.29 is 14.6 Å². The lowest BCUT2D eigenvalue weighted by molar-refractivity contribution is 0.0697. The molecule has 2 heterocycles. The van der Waals surface area contributed by atoms with Gasteiger partial charge in [0.25, 0.3) is 0 Å². The summed E-state index contributed by atoms with van der Waals surface area (Å²) >= 11 is 0. The summed E-state index contributed by atoms with van der Waals surface area (Å²) in [6, 6.07) is 3.41. The average molecular weight is 222 g/mol. The summed E-state index contributed by atoms with van der Waals surface area (Å²) in [6.45, 7) is 1.36. The van der Waals surface area contributed by atoms with Gasteiger partial charge in [-0.1, -0.05) is 0 Å². The van der Waals surface area contributed by atoms with Crippen molar-refractivity contribution in [1.82, 2.24) is 4.98 Å². The molecule has 0 amide bonds. The molecule has 1 aromatic rings. The Morgan fingerprint density at radius 1 is 1.69 bits per heavy atom. The van der Waals surface area contributed by atoms with Crippen LogP contribution < -0.4 is 4.90 Å². The highest BCUT2D eigenvalue weighted by Crippen LogP contribution is 2.21. The standard InChI is InChI=1S/C11H14N2O3/c1-13(8-4-6-16-7-8)10-9(11(14)15)3-2-5-12-10/h2-3,5,8H,4,6-7H2,1H3,(H,14,15). The van der Waals surface area contributed by atoms with Gasteiger partial charge >= 0.3 is 5.97 Å². The molecule has 16 heavy (non-hydrogen) atoms. The van der Waals surface area contributed by atoms with Gasteiger partial charge in [-0.2, -0.15) is 0 Å². The molecule has 1 aromatic heterocycles. The Morgan fingerprint density at radius 2 is 2.50 bits per heavy atom. The number of carbonyl (C=O) groups is 1. The number of ether oxygens (including phenoxy) is 1. The maximum absolute atomic E-state index is 11.0. The van der Waals surface area contributed by atoms with E-state index in [4.69, 9.17) is 9.84 Å². The highest BCUT2D eigenvalue weighted by molar-refractivity contribution is 5.93. The Kier molecular flexibility index (Phi) is 3.05. The van der Waals surface area contributed by atoms with Crippen molar-refractivity contribution in [1.29, 1.82) is 0 Å². The zero-order chi connectivity index (χ0) is 11.5. The van der Waals surface area contributed by atoms with Crippen LogP contribution in [-0.2, 0) is 4.74 Å². The van der Waals surface area contributed by atoms with Gasteiger partial charge < -0.3 is 14.7 Å². The van der Waals surface area contributed by atoms with Crippen LogP contribution >= 0.6 is 0 Å². The van der Waals surface area contributed by atoms with Gasteiger partial charge in [0.15, 0.2) is 0 Å². The largest absolute Gasteiger partial charge is 0.478 e. The molecule has 0 aliphatic carbocycles. The van der Waals surface area contributed by atoms with Crippen molar-refractivity contribution in [3.63, 3.8) is 0 Å². The van der Waals surface area contributed by atoms with Crippen LogP contribution in [0, 0.1) is 0 Å². The fourth-order valence-electron chi connectivity index (χ4n) is 1.85. The summed E-state index contributed by atoms with van der Waals surface area (Å²) in [5.74, 6) is -0.445. The summed E-state index contributed by atoms with van der Waals surface area (Å²) in [5, 5.41) is 9.06. The van der Waals surface area contributed by atoms with Crippen molar-refractivity contribution in [3.8, 4) is 0 Å². The molecule has 1 aliphatic rings. The van der Waals surface area contributed by atoms with E-state index in [0.717, 1.165) is 13.0 Å². The van der Waals surface area contributed by atoms with Crippen LogP contribution in [0.2, 0.25) is 0 Å². The number of hydrogen-bond donors (Lipinski definition) is 1. The smallest absolute Gasteiger partial charge is 0.339 e. The van der Waals surface area contributed by atoms with Crippen molar-refractivity contribution in [2.75, 3.05) is 25.2 Å². The minimum atomic E-state index is -0.950. The van der Waals surface area contributed by atoms with Crippen LogP contribution in [0.5, 0.6) is 0 Å². The average Bonchev–Trinajstić information content (AvgIpc) is 2.81. The number of rotatable bonds is 3. The second kappa shape index (κ2) is 4.49. The van der Waals surface area contributed by atoms with Gasteiger partial charge in [0.05, 0.1) is 12.6 Å². The number of aromatic carboxylic acids is 1. The maximum atomic E-state index is 11.0. The summed E-state index contributed by atoms with van der Waals surface area (Å²) < 4.78 is 5.28. The minimum absolute atomic E-state index is 0.216. The minimum Gasteiger partial charge on any atom is -0.478 e. The molecule has 1 aliphatic heterocycles. The van der Waals surface area contributed by atoms with Gasteiger partial charge in [-0.25, -0.2) is 9.78 Å². The van der Waals surface area contributed by atoms with Gasteiger partial charge in [-0.3, -0.25) is 0 Å². The number of hydrogen-bond acceptors (Lipinski definition) is 4. The first kappa shape index (κ1) is 10.9. The van der Waals surface area contributed by atoms with Gasteiger partial charge in [0.1, 0.15) is 11.4 Å². The molecule has 86 valence electrons. The van der Waals surface area contributed by atoms with Crippen LogP contribution in [0.3, 0.4) is 0 Å². The first-order valence-electron chi connectivity index (χ1n) is 5.19. The fourth-order valence-corrected chi connectivity index (χ4v) is 1.85.